The van der Waals surface area contributed by atoms with E-state index in [0.717, 1.165) is 6.07 Å². The molecule has 33 heavy (non-hydrogen) atoms. The van der Waals surface area contributed by atoms with Gasteiger partial charge in [0.1, 0.15) is 5.75 Å². The number of para-hydroxylation sites is 2. The van der Waals surface area contributed by atoms with Crippen LogP contribution in [-0.4, -0.2) is 30.4 Å². The summed E-state index contributed by atoms with van der Waals surface area (Å²) in [5.74, 6) is 0.639. The zero-order valence-corrected chi connectivity index (χ0v) is 19.4. The van der Waals surface area contributed by atoms with Gasteiger partial charge in [0.05, 0.1) is 33.6 Å². The molecular weight excluding hydrogens is 514 g/mol. The average Bonchev–Trinajstić information content (AvgIpc) is 2.80. The van der Waals surface area contributed by atoms with Crippen LogP contribution in [0.3, 0.4) is 0 Å². The number of benzene rings is 3. The zero-order chi connectivity index (χ0) is 23.6. The largest absolute Gasteiger partial charge is 0.497 e. The Bertz CT molecular complexity index is 1480. The van der Waals surface area contributed by atoms with Gasteiger partial charge in [-0.1, -0.05) is 18.2 Å². The highest BCUT2D eigenvalue weighted by Crippen LogP contribution is 2.33. The lowest BCUT2D eigenvalue weighted by molar-refractivity contribution is -0.385. The first-order valence-corrected chi connectivity index (χ1v) is 11.7. The topological polar surface area (TPSA) is 136 Å². The minimum Gasteiger partial charge on any atom is -0.497 e. The number of nitro groups is 1. The normalized spacial score (nSPS) is 11.2. The lowest BCUT2D eigenvalue weighted by Gasteiger charge is -2.15. The van der Waals surface area contributed by atoms with Gasteiger partial charge in [-0.3, -0.25) is 14.8 Å². The van der Waals surface area contributed by atoms with E-state index in [0.29, 0.717) is 26.9 Å². The molecule has 0 aliphatic carbocycles. The number of ether oxygens (including phenoxy) is 1. The average molecular weight is 530 g/mol. The van der Waals surface area contributed by atoms with E-state index in [1.165, 1.54) is 25.3 Å². The van der Waals surface area contributed by atoms with Crippen LogP contribution in [0.1, 0.15) is 0 Å². The van der Waals surface area contributed by atoms with Crippen LogP contribution in [0.4, 0.5) is 23.0 Å². The van der Waals surface area contributed by atoms with Crippen LogP contribution in [0.15, 0.2) is 76.1 Å². The summed E-state index contributed by atoms with van der Waals surface area (Å²) in [7, 11) is -2.68. The number of rotatable bonds is 7. The Morgan fingerprint density at radius 3 is 2.33 bits per heavy atom. The highest BCUT2D eigenvalue weighted by atomic mass is 79.9. The van der Waals surface area contributed by atoms with Crippen molar-refractivity contribution in [1.29, 1.82) is 0 Å². The van der Waals surface area contributed by atoms with Crippen LogP contribution < -0.4 is 14.8 Å². The molecule has 0 bridgehead atoms. The Hall–Kier alpha value is -3.77. The van der Waals surface area contributed by atoms with Crippen LogP contribution in [0.2, 0.25) is 0 Å². The zero-order valence-electron chi connectivity index (χ0n) is 17.0. The molecular formula is C21H16BrN5O5S. The van der Waals surface area contributed by atoms with Crippen LogP contribution in [0.25, 0.3) is 11.0 Å². The maximum atomic E-state index is 13.0. The Labute approximate surface area is 197 Å². The van der Waals surface area contributed by atoms with E-state index >= 15 is 0 Å². The number of hydrogen-bond acceptors (Lipinski definition) is 8. The number of nitrogens with zero attached hydrogens (tertiary/aromatic N) is 3. The fourth-order valence-electron chi connectivity index (χ4n) is 2.96. The third-order valence-corrected chi connectivity index (χ3v) is 6.60. The summed E-state index contributed by atoms with van der Waals surface area (Å²) in [5.41, 5.74) is 1.22. The van der Waals surface area contributed by atoms with Gasteiger partial charge in [0.2, 0.25) is 0 Å². The third-order valence-electron chi connectivity index (χ3n) is 4.57. The van der Waals surface area contributed by atoms with Gasteiger partial charge in [-0.05, 0) is 46.3 Å². The van der Waals surface area contributed by atoms with Crippen LogP contribution in [-0.2, 0) is 10.0 Å². The molecule has 0 saturated carbocycles. The van der Waals surface area contributed by atoms with Crippen molar-refractivity contribution in [3.63, 3.8) is 0 Å². The van der Waals surface area contributed by atoms with E-state index < -0.39 is 14.9 Å². The number of non-ortho nitro benzene ring substituents is 1. The molecule has 3 aromatic carbocycles. The van der Waals surface area contributed by atoms with Gasteiger partial charge in [-0.2, -0.15) is 0 Å². The van der Waals surface area contributed by atoms with Crippen molar-refractivity contribution in [3.8, 4) is 5.75 Å². The number of aromatic nitrogens is 2. The number of nitro benzene ring substituents is 1. The van der Waals surface area contributed by atoms with Crippen LogP contribution >= 0.6 is 15.9 Å². The molecule has 4 rings (SSSR count). The van der Waals surface area contributed by atoms with Gasteiger partial charge >= 0.3 is 0 Å². The van der Waals surface area contributed by atoms with Crippen LogP contribution in [0, 0.1) is 10.1 Å². The van der Waals surface area contributed by atoms with Gasteiger partial charge < -0.3 is 10.1 Å². The number of hydrogen-bond donors (Lipinski definition) is 2. The molecule has 0 unspecified atom stereocenters. The molecule has 0 fully saturated rings. The van der Waals surface area contributed by atoms with Gasteiger partial charge in [0.15, 0.2) is 11.6 Å². The summed E-state index contributed by atoms with van der Waals surface area (Å²) in [6.07, 6.45) is 0. The number of fused-ring (bicyclic) bond motifs is 1. The highest BCUT2D eigenvalue weighted by molar-refractivity contribution is 9.10. The third kappa shape index (κ3) is 4.86. The Morgan fingerprint density at radius 1 is 0.970 bits per heavy atom. The van der Waals surface area contributed by atoms with Crippen molar-refractivity contribution in [2.45, 2.75) is 4.90 Å². The van der Waals surface area contributed by atoms with Crippen molar-refractivity contribution in [3.05, 3.63) is 81.3 Å². The molecule has 2 N–H and O–H groups in total. The van der Waals surface area contributed by atoms with Crippen molar-refractivity contribution >= 4 is 60.0 Å². The summed E-state index contributed by atoms with van der Waals surface area (Å²) in [4.78, 5) is 19.1. The summed E-state index contributed by atoms with van der Waals surface area (Å²) < 4.78 is 34.4. The monoisotopic (exact) mass is 529 g/mol. The number of nitrogens with one attached hydrogen (secondary N) is 2. The molecule has 0 radical (unpaired) electrons. The first-order chi connectivity index (χ1) is 15.8. The maximum absolute atomic E-state index is 13.0. The molecule has 0 aliphatic heterocycles. The number of anilines is 3. The Balaban J connectivity index is 1.80. The van der Waals surface area contributed by atoms with E-state index in [9.17, 15) is 18.5 Å². The molecule has 0 spiro atoms. The number of sulfonamides is 1. The maximum Gasteiger partial charge on any atom is 0.270 e. The lowest BCUT2D eigenvalue weighted by atomic mass is 10.3. The SMILES string of the molecule is COc1ccc(Br)c(Nc2nc3ccccc3nc2NS(=O)(=O)c2cccc([N+](=O)[O-])c2)c1. The first kappa shape index (κ1) is 22.4. The second kappa shape index (κ2) is 9.00. The van der Waals surface area contributed by atoms with Gasteiger partial charge in [-0.25, -0.2) is 18.4 Å². The van der Waals surface area contributed by atoms with Gasteiger partial charge in [0.25, 0.3) is 15.7 Å². The molecule has 0 amide bonds. The highest BCUT2D eigenvalue weighted by Gasteiger charge is 2.21. The first-order valence-electron chi connectivity index (χ1n) is 9.41. The van der Waals surface area contributed by atoms with Crippen molar-refractivity contribution in [2.75, 3.05) is 17.1 Å². The number of methoxy groups -OCH3 is 1. The van der Waals surface area contributed by atoms with Gasteiger partial charge in [-0.15, -0.1) is 0 Å². The predicted octanol–water partition coefficient (Wildman–Crippen LogP) is 4.85. The number of halogens is 1. The second-order valence-electron chi connectivity index (χ2n) is 6.74. The molecule has 168 valence electrons. The predicted molar refractivity (Wildman–Crippen MR) is 127 cm³/mol. The molecule has 1 aromatic heterocycles. The fourth-order valence-corrected chi connectivity index (χ4v) is 4.36. The Morgan fingerprint density at radius 2 is 1.67 bits per heavy atom. The smallest absolute Gasteiger partial charge is 0.270 e. The standard InChI is InChI=1S/C21H16BrN5O5S/c1-32-14-9-10-16(22)19(12-14)25-20-21(24-18-8-3-2-7-17(18)23-20)26-33(30,31)15-6-4-5-13(11-15)27(28)29/h2-12H,1H3,(H,23,25)(H,24,26). The van der Waals surface area contributed by atoms with Crippen molar-refractivity contribution in [2.24, 2.45) is 0 Å². The van der Waals surface area contributed by atoms with E-state index in [1.807, 2.05) is 0 Å². The van der Waals surface area contributed by atoms with Crippen molar-refractivity contribution < 1.29 is 18.1 Å². The Kier molecular flexibility index (Phi) is 6.11. The molecule has 4 aromatic rings. The molecule has 0 aliphatic rings. The lowest BCUT2D eigenvalue weighted by Crippen LogP contribution is -2.16. The van der Waals surface area contributed by atoms with E-state index in [2.05, 4.69) is 35.9 Å². The quantitative estimate of drug-likeness (QED) is 0.256. The molecule has 12 heteroatoms. The van der Waals surface area contributed by atoms with E-state index in [1.54, 1.807) is 42.5 Å². The minimum atomic E-state index is -4.21. The van der Waals surface area contributed by atoms with Crippen LogP contribution in [0.5, 0.6) is 5.75 Å². The fraction of sp³-hybridized carbons (Fsp3) is 0.0476. The van der Waals surface area contributed by atoms with E-state index in [-0.39, 0.29) is 22.2 Å². The second-order valence-corrected chi connectivity index (χ2v) is 9.28. The molecule has 0 atom stereocenters. The molecule has 1 heterocycles. The molecule has 0 saturated heterocycles. The minimum absolute atomic E-state index is 0.0741. The van der Waals surface area contributed by atoms with Gasteiger partial charge in [0, 0.05) is 22.7 Å². The summed E-state index contributed by atoms with van der Waals surface area (Å²) >= 11 is 3.44. The van der Waals surface area contributed by atoms with Crippen molar-refractivity contribution in [1.82, 2.24) is 9.97 Å². The van der Waals surface area contributed by atoms with E-state index in [4.69, 9.17) is 4.74 Å². The summed E-state index contributed by atoms with van der Waals surface area (Å²) in [5, 5.41) is 14.1. The summed E-state index contributed by atoms with van der Waals surface area (Å²) in [6.45, 7) is 0. The summed E-state index contributed by atoms with van der Waals surface area (Å²) in [6, 6.07) is 16.9. The molecule has 10 nitrogen and oxygen atoms in total.